The van der Waals surface area contributed by atoms with E-state index in [1.54, 1.807) is 0 Å². The zero-order valence-electron chi connectivity index (χ0n) is 8.84. The minimum Gasteiger partial charge on any atom is -0.110 e. The monoisotopic (exact) mass is 428 g/mol. The lowest BCUT2D eigenvalue weighted by atomic mass is 9.89. The molecule has 2 aliphatic carbocycles. The van der Waals surface area contributed by atoms with Crippen molar-refractivity contribution in [2.24, 2.45) is 5.92 Å². The van der Waals surface area contributed by atoms with E-state index < -0.39 is 14.1 Å². The van der Waals surface area contributed by atoms with Gasteiger partial charge in [-0.05, 0) is 12.3 Å². The highest BCUT2D eigenvalue weighted by Gasteiger charge is 2.77. The van der Waals surface area contributed by atoms with Crippen LogP contribution in [0.25, 0.3) is 0 Å². The molecule has 0 N–H and O–H groups in total. The first kappa shape index (κ1) is 15.9. The number of hydrogen-bond donors (Lipinski definition) is 0. The first-order valence-corrected chi connectivity index (χ1v) is 8.46. The molecule has 18 heavy (non-hydrogen) atoms. The van der Waals surface area contributed by atoms with E-state index >= 15 is 0 Å². The molecule has 1 fully saturated rings. The Hall–Kier alpha value is 1.52. The van der Waals surface area contributed by atoms with Crippen molar-refractivity contribution in [2.75, 3.05) is 5.33 Å². The van der Waals surface area contributed by atoms with Crippen molar-refractivity contribution in [3.05, 3.63) is 10.1 Å². The Morgan fingerprint density at radius 1 is 1.11 bits per heavy atom. The molecule has 1 saturated carbocycles. The summed E-state index contributed by atoms with van der Waals surface area (Å²) in [5, 5.41) is 1.08. The van der Waals surface area contributed by atoms with Gasteiger partial charge in [0, 0.05) is 6.42 Å². The number of rotatable bonds is 1. The number of allylic oxidation sites excluding steroid dienone is 2. The molecule has 2 bridgehead atoms. The second kappa shape index (κ2) is 5.06. The molecule has 0 aromatic heterocycles. The van der Waals surface area contributed by atoms with Crippen LogP contribution < -0.4 is 0 Å². The summed E-state index contributed by atoms with van der Waals surface area (Å²) in [7, 11) is 0. The second-order valence-corrected chi connectivity index (χ2v) is 8.19. The van der Waals surface area contributed by atoms with Gasteiger partial charge in [0.05, 0.1) is 15.4 Å². The Kier molecular flexibility index (Phi) is 4.47. The second-order valence-electron chi connectivity index (χ2n) is 4.31. The molecule has 0 heterocycles. The van der Waals surface area contributed by atoms with Crippen LogP contribution in [0.3, 0.4) is 0 Å². The summed E-state index contributed by atoms with van der Waals surface area (Å²) >= 11 is 41.2. The fourth-order valence-electron chi connectivity index (χ4n) is 2.49. The summed E-state index contributed by atoms with van der Waals surface area (Å²) in [5.74, 6) is 5.77. The maximum absolute atomic E-state index is 6.57. The Labute approximate surface area is 144 Å². The van der Waals surface area contributed by atoms with Gasteiger partial charge in [0.2, 0.25) is 0 Å². The maximum atomic E-state index is 6.57. The van der Waals surface area contributed by atoms with Gasteiger partial charge < -0.3 is 0 Å². The van der Waals surface area contributed by atoms with Crippen LogP contribution in [0.5, 0.6) is 0 Å². The average molecular weight is 432 g/mol. The summed E-state index contributed by atoms with van der Waals surface area (Å²) in [6.07, 6.45) is 0.974. The van der Waals surface area contributed by atoms with Gasteiger partial charge in [-0.2, -0.15) is 0 Å². The summed E-state index contributed by atoms with van der Waals surface area (Å²) < 4.78 is -1.43. The third-order valence-electron chi connectivity index (χ3n) is 3.45. The smallest absolute Gasteiger partial charge is 0.110 e. The molecule has 0 nitrogen and oxygen atoms in total. The van der Waals surface area contributed by atoms with Crippen molar-refractivity contribution in [1.29, 1.82) is 0 Å². The lowest BCUT2D eigenvalue weighted by molar-refractivity contribution is 0.476. The van der Waals surface area contributed by atoms with Gasteiger partial charge in [0.25, 0.3) is 0 Å². The van der Waals surface area contributed by atoms with Crippen molar-refractivity contribution in [3.63, 3.8) is 0 Å². The number of hydrogen-bond acceptors (Lipinski definition) is 0. The summed E-state index contributed by atoms with van der Waals surface area (Å²) in [5.41, 5.74) is 0. The van der Waals surface area contributed by atoms with Crippen molar-refractivity contribution in [2.45, 2.75) is 26.9 Å². The van der Waals surface area contributed by atoms with Crippen molar-refractivity contribution in [3.8, 4) is 11.8 Å². The van der Waals surface area contributed by atoms with E-state index in [-0.39, 0.29) is 16.0 Å². The normalized spacial score (nSPS) is 40.9. The summed E-state index contributed by atoms with van der Waals surface area (Å²) in [6.45, 7) is 0. The highest BCUT2D eigenvalue weighted by Crippen LogP contribution is 2.74. The van der Waals surface area contributed by atoms with E-state index in [9.17, 15) is 0 Å². The molecule has 0 spiro atoms. The van der Waals surface area contributed by atoms with Crippen LogP contribution in [0.4, 0.5) is 0 Å². The highest BCUT2D eigenvalue weighted by molar-refractivity contribution is 9.09. The zero-order chi connectivity index (χ0) is 13.8. The Morgan fingerprint density at radius 2 is 1.72 bits per heavy atom. The van der Waals surface area contributed by atoms with Crippen molar-refractivity contribution < 1.29 is 0 Å². The fourth-order valence-corrected chi connectivity index (χ4v) is 5.53. The quantitative estimate of drug-likeness (QED) is 0.373. The van der Waals surface area contributed by atoms with Crippen LogP contribution in [-0.2, 0) is 0 Å². The summed E-state index contributed by atoms with van der Waals surface area (Å²) in [4.78, 5) is -2.30. The van der Waals surface area contributed by atoms with Crippen LogP contribution in [0.2, 0.25) is 0 Å². The van der Waals surface area contributed by atoms with E-state index in [4.69, 9.17) is 69.6 Å². The molecule has 2 rings (SSSR count). The Balaban J connectivity index is 2.43. The Bertz CT molecular complexity index is 476. The van der Waals surface area contributed by atoms with E-state index in [1.165, 1.54) is 0 Å². The van der Waals surface area contributed by atoms with E-state index in [0.29, 0.717) is 18.2 Å². The predicted molar refractivity (Wildman–Crippen MR) is 84.6 cm³/mol. The lowest BCUT2D eigenvalue weighted by Gasteiger charge is -2.33. The average Bonchev–Trinajstić information content (AvgIpc) is 2.52. The van der Waals surface area contributed by atoms with Crippen LogP contribution in [0.15, 0.2) is 10.1 Å². The molecular weight excluding hydrogens is 425 g/mol. The highest BCUT2D eigenvalue weighted by atomic mass is 79.9. The third kappa shape index (κ3) is 1.80. The number of halogens is 7. The molecule has 0 unspecified atom stereocenters. The molecule has 7 heteroatoms. The summed E-state index contributed by atoms with van der Waals surface area (Å²) in [6, 6.07) is 0. The third-order valence-corrected chi connectivity index (χ3v) is 8.05. The largest absolute Gasteiger partial charge is 0.166 e. The molecule has 0 aromatic carbocycles. The predicted octanol–water partition coefficient (Wildman–Crippen LogP) is 5.63. The minimum absolute atomic E-state index is 0.131. The van der Waals surface area contributed by atoms with Gasteiger partial charge in [0.1, 0.15) is 9.75 Å². The first-order valence-electron chi connectivity index (χ1n) is 5.07. The molecular formula is C11H7BrCl6. The SMILES string of the molecule is ClC1=C(Cl)[C@]2(Cl)[C@H](CC#CCBr)C[C@@]1(Cl)C2(Cl)Cl. The molecule has 2 aliphatic rings. The maximum Gasteiger partial charge on any atom is 0.166 e. The van der Waals surface area contributed by atoms with Crippen LogP contribution >= 0.6 is 85.5 Å². The van der Waals surface area contributed by atoms with Gasteiger partial charge in [-0.25, -0.2) is 0 Å². The van der Waals surface area contributed by atoms with Crippen LogP contribution in [-0.4, -0.2) is 19.4 Å². The van der Waals surface area contributed by atoms with Crippen molar-refractivity contribution >= 4 is 85.5 Å². The van der Waals surface area contributed by atoms with Gasteiger partial charge in [-0.15, -0.1) is 29.1 Å². The van der Waals surface area contributed by atoms with Gasteiger partial charge in [0.15, 0.2) is 4.33 Å². The molecule has 0 radical (unpaired) electrons. The minimum atomic E-state index is -1.43. The van der Waals surface area contributed by atoms with Gasteiger partial charge in [-0.3, -0.25) is 0 Å². The van der Waals surface area contributed by atoms with E-state index in [0.717, 1.165) is 0 Å². The standard InChI is InChI=1S/C11H7BrCl6/c12-4-2-1-3-6-5-9(15)7(13)8(14)10(6,16)11(9,17)18/h6H,3-5H2/t6-,9+,10-/m1/s1. The van der Waals surface area contributed by atoms with E-state index in [1.807, 2.05) is 0 Å². The Morgan fingerprint density at radius 3 is 2.17 bits per heavy atom. The molecule has 0 amide bonds. The number of fused-ring (bicyclic) bond motifs is 2. The first-order chi connectivity index (χ1) is 8.23. The van der Waals surface area contributed by atoms with E-state index in [2.05, 4.69) is 27.8 Å². The molecule has 0 saturated heterocycles. The van der Waals surface area contributed by atoms with Crippen LogP contribution in [0, 0.1) is 17.8 Å². The molecule has 0 aliphatic heterocycles. The number of alkyl halides is 5. The lowest BCUT2D eigenvalue weighted by Crippen LogP contribution is -2.44. The molecule has 3 atom stereocenters. The van der Waals surface area contributed by atoms with Gasteiger partial charge in [-0.1, -0.05) is 68.3 Å². The van der Waals surface area contributed by atoms with Crippen LogP contribution in [0.1, 0.15) is 12.8 Å². The topological polar surface area (TPSA) is 0 Å². The van der Waals surface area contributed by atoms with Gasteiger partial charge >= 0.3 is 0 Å². The van der Waals surface area contributed by atoms with Crippen molar-refractivity contribution in [1.82, 2.24) is 0 Å². The zero-order valence-corrected chi connectivity index (χ0v) is 15.0. The fraction of sp³-hybridized carbons (Fsp3) is 0.636. The molecule has 0 aromatic rings. The molecule has 100 valence electrons.